The van der Waals surface area contributed by atoms with Gasteiger partial charge >= 0.3 is 0 Å². The molecular weight excluding hydrogens is 442 g/mol. The van der Waals surface area contributed by atoms with E-state index in [1.807, 2.05) is 39.0 Å². The fraction of sp³-hybridized carbons (Fsp3) is 0.560. The van der Waals surface area contributed by atoms with Crippen LogP contribution in [-0.4, -0.2) is 40.5 Å². The van der Waals surface area contributed by atoms with E-state index in [1.54, 1.807) is 12.5 Å². The second-order valence-electron chi connectivity index (χ2n) is 10.3. The number of aliphatic hydroxyl groups excluding tert-OH is 1. The molecule has 2 aromatic rings. The predicted octanol–water partition coefficient (Wildman–Crippen LogP) is 3.30. The fourth-order valence-electron chi connectivity index (χ4n) is 4.42. The Morgan fingerprint density at radius 1 is 1.33 bits per heavy atom. The van der Waals surface area contributed by atoms with E-state index in [9.17, 15) is 14.7 Å². The molecule has 180 valence electrons. The minimum Gasteiger partial charge on any atom is -0.391 e. The second-order valence-corrected chi connectivity index (χ2v) is 10.7. The van der Waals surface area contributed by atoms with Crippen LogP contribution in [0.3, 0.4) is 0 Å². The maximum atomic E-state index is 13.5. The molecule has 7 nitrogen and oxygen atoms in total. The zero-order valence-electron chi connectivity index (χ0n) is 20.3. The Morgan fingerprint density at radius 3 is 2.61 bits per heavy atom. The normalized spacial score (nSPS) is 19.7. The number of aryl methyl sites for hydroxylation is 1. The minimum atomic E-state index is -0.749. The third-order valence-electron chi connectivity index (χ3n) is 6.05. The summed E-state index contributed by atoms with van der Waals surface area (Å²) in [6, 6.07) is 4.32. The number of benzene rings is 1. The highest BCUT2D eigenvalue weighted by Gasteiger charge is 2.46. The molecule has 0 saturated carbocycles. The van der Waals surface area contributed by atoms with E-state index < -0.39 is 18.2 Å². The van der Waals surface area contributed by atoms with Crippen LogP contribution in [0.1, 0.15) is 63.8 Å². The molecule has 1 saturated heterocycles. The average Bonchev–Trinajstić information content (AvgIpc) is 3.31. The molecule has 0 radical (unpaired) electrons. The van der Waals surface area contributed by atoms with Gasteiger partial charge in [-0.05, 0) is 40.3 Å². The summed E-state index contributed by atoms with van der Waals surface area (Å²) in [5.41, 5.74) is 2.79. The number of nitrogens with one attached hydrogen (secondary N) is 1. The Morgan fingerprint density at radius 2 is 2.03 bits per heavy atom. The lowest BCUT2D eigenvalue weighted by Gasteiger charge is -2.27. The molecule has 2 amide bonds. The number of rotatable bonds is 6. The van der Waals surface area contributed by atoms with Crippen molar-refractivity contribution in [3.63, 3.8) is 0 Å². The van der Waals surface area contributed by atoms with Gasteiger partial charge in [0, 0.05) is 30.5 Å². The number of amides is 2. The fourth-order valence-corrected chi connectivity index (χ4v) is 4.59. The highest BCUT2D eigenvalue weighted by atomic mass is 35.5. The van der Waals surface area contributed by atoms with E-state index in [0.717, 1.165) is 16.7 Å². The van der Waals surface area contributed by atoms with Gasteiger partial charge in [-0.1, -0.05) is 52.3 Å². The lowest BCUT2D eigenvalue weighted by Crippen LogP contribution is -2.54. The molecule has 0 aliphatic carbocycles. The summed E-state index contributed by atoms with van der Waals surface area (Å²) in [6.07, 6.45) is 2.82. The van der Waals surface area contributed by atoms with Gasteiger partial charge in [0.25, 0.3) is 11.9 Å². The van der Waals surface area contributed by atoms with Crippen LogP contribution in [0.15, 0.2) is 35.2 Å². The number of nitrogens with zero attached hydrogens (tertiary/aromatic N) is 2. The first-order valence-electron chi connectivity index (χ1n) is 11.4. The maximum absolute atomic E-state index is 13.5. The third-order valence-corrected chi connectivity index (χ3v) is 6.28. The van der Waals surface area contributed by atoms with Crippen molar-refractivity contribution in [1.29, 1.82) is 0 Å². The number of aliphatic hydroxyl groups is 1. The Labute approximate surface area is 200 Å². The van der Waals surface area contributed by atoms with Crippen LogP contribution in [0.25, 0.3) is 0 Å². The standard InChI is InChI=1S/C25H34ClN3O4/c1-15(2)22(29-12-16(3)14-33-29)24(32)28-13-19(30)10-21(28)23(31)27-11-17-7-8-18(26)9-20(17)25(4,5)6/h7-9,12,14-15,19,21-22,30H,10-11,13H2,1-6H3/p+1. The van der Waals surface area contributed by atoms with Crippen molar-refractivity contribution < 1.29 is 24.0 Å². The summed E-state index contributed by atoms with van der Waals surface area (Å²) in [5.74, 6) is -0.571. The number of aromatic nitrogens is 1. The summed E-state index contributed by atoms with van der Waals surface area (Å²) in [5, 5.41) is 13.9. The van der Waals surface area contributed by atoms with Gasteiger partial charge in [-0.2, -0.15) is 0 Å². The van der Waals surface area contributed by atoms with Gasteiger partial charge in [-0.15, -0.1) is 0 Å². The molecule has 3 atom stereocenters. The number of hydrogen-bond donors (Lipinski definition) is 2. The topological polar surface area (TPSA) is 86.7 Å². The molecule has 3 unspecified atom stereocenters. The van der Waals surface area contributed by atoms with Crippen molar-refractivity contribution in [2.75, 3.05) is 6.54 Å². The molecule has 1 fully saturated rings. The maximum Gasteiger partial charge on any atom is 0.297 e. The van der Waals surface area contributed by atoms with Crippen molar-refractivity contribution >= 4 is 23.4 Å². The highest BCUT2D eigenvalue weighted by Crippen LogP contribution is 2.29. The van der Waals surface area contributed by atoms with E-state index >= 15 is 0 Å². The highest BCUT2D eigenvalue weighted by molar-refractivity contribution is 6.30. The van der Waals surface area contributed by atoms with Crippen LogP contribution >= 0.6 is 11.6 Å². The molecule has 1 aromatic heterocycles. The largest absolute Gasteiger partial charge is 0.391 e. The summed E-state index contributed by atoms with van der Waals surface area (Å²) in [7, 11) is 0. The first-order valence-corrected chi connectivity index (χ1v) is 11.8. The minimum absolute atomic E-state index is 0.0575. The molecule has 33 heavy (non-hydrogen) atoms. The molecule has 0 bridgehead atoms. The zero-order valence-corrected chi connectivity index (χ0v) is 21.0. The summed E-state index contributed by atoms with van der Waals surface area (Å²) in [6.45, 7) is 12.5. The van der Waals surface area contributed by atoms with E-state index in [2.05, 4.69) is 26.1 Å². The Balaban J connectivity index is 1.78. The van der Waals surface area contributed by atoms with Gasteiger partial charge < -0.3 is 15.3 Å². The summed E-state index contributed by atoms with van der Waals surface area (Å²) in [4.78, 5) is 28.1. The molecule has 1 aliphatic rings. The first-order chi connectivity index (χ1) is 15.4. The van der Waals surface area contributed by atoms with Crippen molar-refractivity contribution in [3.05, 3.63) is 52.4 Å². The third kappa shape index (κ3) is 5.76. The van der Waals surface area contributed by atoms with Crippen LogP contribution < -0.4 is 10.1 Å². The van der Waals surface area contributed by atoms with Crippen LogP contribution in [0.4, 0.5) is 0 Å². The summed E-state index contributed by atoms with van der Waals surface area (Å²) >= 11 is 6.20. The Kier molecular flexibility index (Phi) is 7.54. The van der Waals surface area contributed by atoms with Gasteiger partial charge in [0.1, 0.15) is 6.04 Å². The quantitative estimate of drug-likeness (QED) is 0.626. The van der Waals surface area contributed by atoms with Gasteiger partial charge in [0.2, 0.25) is 12.1 Å². The first kappa shape index (κ1) is 25.2. The van der Waals surface area contributed by atoms with Gasteiger partial charge in [0.15, 0.2) is 6.26 Å². The Hall–Kier alpha value is -2.38. The van der Waals surface area contributed by atoms with E-state index in [0.29, 0.717) is 11.6 Å². The lowest BCUT2D eigenvalue weighted by atomic mass is 9.84. The van der Waals surface area contributed by atoms with Crippen LogP contribution in [-0.2, 0) is 21.5 Å². The number of carbonyl (C=O) groups excluding carboxylic acids is 2. The number of β-amino-alcohol motifs (C(OH)–C–C–N with tert-alkyl or cyclic N) is 1. The van der Waals surface area contributed by atoms with Crippen molar-refractivity contribution in [3.8, 4) is 0 Å². The predicted molar refractivity (Wildman–Crippen MR) is 126 cm³/mol. The monoisotopic (exact) mass is 476 g/mol. The molecule has 1 aromatic carbocycles. The van der Waals surface area contributed by atoms with Crippen LogP contribution in [0.2, 0.25) is 5.02 Å². The SMILES string of the molecule is Cc1co[n+](C(C(=O)N2CC(O)CC2C(=O)NCc2ccc(Cl)cc2C(C)(C)C)C(C)C)c1. The van der Waals surface area contributed by atoms with Crippen molar-refractivity contribution in [2.24, 2.45) is 5.92 Å². The summed E-state index contributed by atoms with van der Waals surface area (Å²) < 4.78 is 7.08. The average molecular weight is 477 g/mol. The molecular formula is C25H35ClN3O4+. The molecule has 0 spiro atoms. The number of likely N-dealkylation sites (tertiary alicyclic amines) is 1. The van der Waals surface area contributed by atoms with E-state index in [-0.39, 0.29) is 36.1 Å². The smallest absolute Gasteiger partial charge is 0.297 e. The van der Waals surface area contributed by atoms with Crippen LogP contribution in [0, 0.1) is 12.8 Å². The number of hydrogen-bond acceptors (Lipinski definition) is 4. The van der Waals surface area contributed by atoms with Crippen LogP contribution in [0.5, 0.6) is 0 Å². The molecule has 2 N–H and O–H groups in total. The zero-order chi connectivity index (χ0) is 24.5. The number of halogens is 1. The molecule has 3 rings (SSSR count). The molecule has 8 heteroatoms. The number of carbonyl (C=O) groups is 2. The lowest BCUT2D eigenvalue weighted by molar-refractivity contribution is -0.876. The van der Waals surface area contributed by atoms with Gasteiger partial charge in [-0.3, -0.25) is 9.59 Å². The van der Waals surface area contributed by atoms with Gasteiger partial charge in [0.05, 0.1) is 11.7 Å². The van der Waals surface area contributed by atoms with Crippen molar-refractivity contribution in [1.82, 2.24) is 10.2 Å². The molecule has 1 aliphatic heterocycles. The van der Waals surface area contributed by atoms with Crippen molar-refractivity contribution in [2.45, 2.75) is 78.1 Å². The Bertz CT molecular complexity index is 1010. The van der Waals surface area contributed by atoms with E-state index in [1.165, 1.54) is 9.64 Å². The van der Waals surface area contributed by atoms with E-state index in [4.69, 9.17) is 16.1 Å². The second kappa shape index (κ2) is 9.85. The molecule has 2 heterocycles. The van der Waals surface area contributed by atoms with Gasteiger partial charge in [-0.25, -0.2) is 4.52 Å².